The van der Waals surface area contributed by atoms with E-state index in [1.165, 1.54) is 49.8 Å². The van der Waals surface area contributed by atoms with Crippen molar-refractivity contribution >= 4 is 12.7 Å². The van der Waals surface area contributed by atoms with Gasteiger partial charge in [-0.15, -0.1) is 0 Å². The van der Waals surface area contributed by atoms with Gasteiger partial charge in [-0.3, -0.25) is 4.79 Å². The second-order valence-corrected chi connectivity index (χ2v) is 11.2. The maximum Gasteiger partial charge on any atom is 0.259 e. The molecule has 0 bridgehead atoms. The molecular weight excluding hydrogens is 609 g/mol. The number of ether oxygens (including phenoxy) is 2. The quantitative estimate of drug-likeness (QED) is 0.240. The zero-order chi connectivity index (χ0) is 37.2. The van der Waals surface area contributed by atoms with Crippen LogP contribution in [0.3, 0.4) is 0 Å². The normalized spacial score (nSPS) is 13.2. The maximum atomic E-state index is 12.9. The molecule has 9 heteroatoms. The summed E-state index contributed by atoms with van der Waals surface area (Å²) in [5.74, 6) is 1.58. The number of carbonyl (C=O) groups excluding carboxylic acids is 2. The van der Waals surface area contributed by atoms with Crippen LogP contribution in [0.5, 0.6) is 5.75 Å². The first-order valence-corrected chi connectivity index (χ1v) is 17.3. The number of hydrogen-bond donors (Lipinski definition) is 1. The SMILES string of the molecule is C1CC1.C=O.CC.CC.CCCCN(C)C/C(C)=C(/C/C=C(\C)OC)OC.Cc1c(O)c2c(n1C)CCN(Cc1ccc(F)cc1)C2=O. The van der Waals surface area contributed by atoms with E-state index in [4.69, 9.17) is 14.3 Å². The molecular formula is C39H66FN3O5. The van der Waals surface area contributed by atoms with Crippen LogP contribution in [0, 0.1) is 12.7 Å². The number of benzene rings is 1. The number of methoxy groups -OCH3 is 2. The molecule has 1 saturated carbocycles. The van der Waals surface area contributed by atoms with E-state index in [0.717, 1.165) is 42.3 Å². The van der Waals surface area contributed by atoms with Gasteiger partial charge in [-0.05, 0) is 70.1 Å². The van der Waals surface area contributed by atoms with Gasteiger partial charge in [-0.2, -0.15) is 0 Å². The number of nitrogens with zero attached hydrogens (tertiary/aromatic N) is 3. The minimum Gasteiger partial charge on any atom is -0.505 e. The lowest BCUT2D eigenvalue weighted by Gasteiger charge is -2.27. The van der Waals surface area contributed by atoms with Crippen molar-refractivity contribution < 1.29 is 28.6 Å². The minimum atomic E-state index is -0.290. The molecule has 2 aromatic rings. The lowest BCUT2D eigenvalue weighted by atomic mass is 10.1. The Morgan fingerprint density at radius 3 is 2.08 bits per heavy atom. The number of fused-ring (bicyclic) bond motifs is 1. The highest BCUT2D eigenvalue weighted by molar-refractivity contribution is 5.99. The summed E-state index contributed by atoms with van der Waals surface area (Å²) in [5.41, 5.74) is 4.15. The minimum absolute atomic E-state index is 0.0707. The summed E-state index contributed by atoms with van der Waals surface area (Å²) in [7, 11) is 7.44. The summed E-state index contributed by atoms with van der Waals surface area (Å²) in [6, 6.07) is 6.13. The molecule has 1 amide bonds. The molecule has 4 rings (SSSR count). The Bertz CT molecular complexity index is 1220. The molecule has 0 spiro atoms. The summed E-state index contributed by atoms with van der Waals surface area (Å²) in [6.45, 7) is 21.2. The second kappa shape index (κ2) is 27.4. The number of carbonyl (C=O) groups is 2. The molecule has 0 saturated heterocycles. The van der Waals surface area contributed by atoms with Crippen LogP contribution in [-0.4, -0.2) is 73.1 Å². The van der Waals surface area contributed by atoms with Gasteiger partial charge in [-0.25, -0.2) is 4.39 Å². The van der Waals surface area contributed by atoms with Crippen LogP contribution in [-0.2, 0) is 34.3 Å². The van der Waals surface area contributed by atoms with Gasteiger partial charge in [0.25, 0.3) is 5.91 Å². The second-order valence-electron chi connectivity index (χ2n) is 11.2. The van der Waals surface area contributed by atoms with E-state index >= 15 is 0 Å². The van der Waals surface area contributed by atoms with Crippen molar-refractivity contribution in [3.05, 3.63) is 75.8 Å². The fraction of sp³-hybridized carbons (Fsp3) is 0.590. The molecule has 0 radical (unpaired) electrons. The van der Waals surface area contributed by atoms with Crippen LogP contribution < -0.4 is 0 Å². The third-order valence-electron chi connectivity index (χ3n) is 7.56. The molecule has 0 atom stereocenters. The molecule has 2 aliphatic rings. The predicted molar refractivity (Wildman–Crippen MR) is 198 cm³/mol. The largest absolute Gasteiger partial charge is 0.505 e. The number of aromatic nitrogens is 1. The number of allylic oxidation sites excluding steroid dienone is 2. The average molecular weight is 676 g/mol. The van der Waals surface area contributed by atoms with Gasteiger partial charge in [0, 0.05) is 45.2 Å². The first-order chi connectivity index (χ1) is 23.0. The zero-order valence-corrected chi connectivity index (χ0v) is 32.2. The number of rotatable bonds is 11. The average Bonchev–Trinajstić information content (AvgIpc) is 3.99. The van der Waals surface area contributed by atoms with Crippen LogP contribution in [0.2, 0.25) is 0 Å². The monoisotopic (exact) mass is 675 g/mol. The molecule has 1 aromatic carbocycles. The van der Waals surface area contributed by atoms with Crippen molar-refractivity contribution in [3.63, 3.8) is 0 Å². The summed E-state index contributed by atoms with van der Waals surface area (Å²) in [4.78, 5) is 24.6. The molecule has 1 fully saturated rings. The fourth-order valence-electron chi connectivity index (χ4n) is 4.58. The van der Waals surface area contributed by atoms with E-state index in [1.54, 1.807) is 38.2 Å². The maximum absolute atomic E-state index is 12.9. The van der Waals surface area contributed by atoms with Gasteiger partial charge in [0.15, 0.2) is 0 Å². The summed E-state index contributed by atoms with van der Waals surface area (Å²) in [5, 5.41) is 10.1. The third kappa shape index (κ3) is 17.0. The number of aromatic hydroxyl groups is 1. The van der Waals surface area contributed by atoms with Gasteiger partial charge in [0.2, 0.25) is 0 Å². The molecule has 1 aromatic heterocycles. The van der Waals surface area contributed by atoms with Crippen molar-refractivity contribution in [2.24, 2.45) is 7.05 Å². The Labute approximate surface area is 291 Å². The van der Waals surface area contributed by atoms with Crippen molar-refractivity contribution in [3.8, 4) is 5.75 Å². The first-order valence-electron chi connectivity index (χ1n) is 17.3. The fourth-order valence-corrected chi connectivity index (χ4v) is 4.58. The highest BCUT2D eigenvalue weighted by atomic mass is 19.1. The zero-order valence-electron chi connectivity index (χ0n) is 32.2. The van der Waals surface area contributed by atoms with E-state index in [0.29, 0.717) is 30.8 Å². The van der Waals surface area contributed by atoms with Crippen LogP contribution in [0.4, 0.5) is 4.39 Å². The lowest BCUT2D eigenvalue weighted by Crippen LogP contribution is -2.37. The van der Waals surface area contributed by atoms with Gasteiger partial charge in [0.1, 0.15) is 23.9 Å². The van der Waals surface area contributed by atoms with E-state index < -0.39 is 0 Å². The Kier molecular flexibility index (Phi) is 26.5. The molecule has 1 aliphatic heterocycles. The Morgan fingerprint density at radius 2 is 1.60 bits per heavy atom. The molecule has 1 N–H and O–H groups in total. The van der Waals surface area contributed by atoms with E-state index in [9.17, 15) is 14.3 Å². The number of likely N-dealkylation sites (N-methyl/N-ethyl adjacent to an activating group) is 1. The third-order valence-corrected chi connectivity index (χ3v) is 7.56. The van der Waals surface area contributed by atoms with Crippen molar-refractivity contribution in [1.29, 1.82) is 0 Å². The predicted octanol–water partition coefficient (Wildman–Crippen LogP) is 8.99. The van der Waals surface area contributed by atoms with Crippen molar-refractivity contribution in [2.75, 3.05) is 40.9 Å². The number of halogens is 1. The highest BCUT2D eigenvalue weighted by Gasteiger charge is 2.31. The smallest absolute Gasteiger partial charge is 0.259 e. The van der Waals surface area contributed by atoms with Crippen molar-refractivity contribution in [1.82, 2.24) is 14.4 Å². The van der Waals surface area contributed by atoms with Crippen LogP contribution in [0.25, 0.3) is 0 Å². The topological polar surface area (TPSA) is 84.2 Å². The van der Waals surface area contributed by atoms with Crippen LogP contribution in [0.15, 0.2) is 47.4 Å². The van der Waals surface area contributed by atoms with E-state index in [-0.39, 0.29) is 17.5 Å². The number of unbranched alkanes of at least 4 members (excludes halogenated alkanes) is 1. The molecule has 1 aliphatic carbocycles. The molecule has 8 nitrogen and oxygen atoms in total. The number of amides is 1. The highest BCUT2D eigenvalue weighted by Crippen LogP contribution is 2.33. The Morgan fingerprint density at radius 1 is 1.04 bits per heavy atom. The summed E-state index contributed by atoms with van der Waals surface area (Å²) in [6.07, 6.45) is 10.5. The van der Waals surface area contributed by atoms with Crippen LogP contribution >= 0.6 is 0 Å². The summed E-state index contributed by atoms with van der Waals surface area (Å²) < 4.78 is 25.4. The molecule has 0 unspecified atom stereocenters. The van der Waals surface area contributed by atoms with Gasteiger partial charge < -0.3 is 33.7 Å². The Hall–Kier alpha value is -3.59. The van der Waals surface area contributed by atoms with E-state index in [2.05, 4.69) is 25.8 Å². The van der Waals surface area contributed by atoms with Crippen LogP contribution in [0.1, 0.15) is 114 Å². The standard InChI is InChI=1S/C16H17FN2O2.C15H29NO2.C3H6.2C2H6.CH2O/c1-10-15(20)14-13(18(10)2)7-8-19(16(14)21)9-11-3-5-12(17)6-4-11;1-7-8-11-16(4)12-13(2)15(18-6)10-9-14(3)17-5;1-2-3-1;3*1-2/h3-6,20H,7-9H2,1-2H3;9H,7-8,10-12H2,1-6H3;1-3H2;2*1-2H3;1H2/b;14-9+,15-13-;;;;. The van der Waals surface area contributed by atoms with E-state index in [1.807, 2.05) is 59.1 Å². The number of hydrogen-bond acceptors (Lipinski definition) is 6. The van der Waals surface area contributed by atoms with Gasteiger partial charge in [0.05, 0.1) is 31.4 Å². The van der Waals surface area contributed by atoms with Gasteiger partial charge >= 0.3 is 0 Å². The summed E-state index contributed by atoms with van der Waals surface area (Å²) >= 11 is 0. The molecule has 274 valence electrons. The lowest BCUT2D eigenvalue weighted by molar-refractivity contribution is -0.0980. The molecule has 2 heterocycles. The first kappa shape index (κ1) is 46.5. The Balaban J connectivity index is 0. The molecule has 48 heavy (non-hydrogen) atoms. The van der Waals surface area contributed by atoms with Gasteiger partial charge in [-0.1, -0.05) is 72.4 Å². The van der Waals surface area contributed by atoms with Crippen molar-refractivity contribution in [2.45, 2.75) is 107 Å².